The van der Waals surface area contributed by atoms with Crippen LogP contribution in [0.1, 0.15) is 49.7 Å². The molecule has 0 spiro atoms. The summed E-state index contributed by atoms with van der Waals surface area (Å²) in [7, 11) is 0. The summed E-state index contributed by atoms with van der Waals surface area (Å²) in [5.74, 6) is -0.0856. The van der Waals surface area contributed by atoms with Crippen molar-refractivity contribution in [3.63, 3.8) is 0 Å². The van der Waals surface area contributed by atoms with Crippen molar-refractivity contribution in [2.45, 2.75) is 52.2 Å². The quantitative estimate of drug-likeness (QED) is 0.830. The zero-order valence-electron chi connectivity index (χ0n) is 14.6. The second-order valence-corrected chi connectivity index (χ2v) is 7.91. The van der Waals surface area contributed by atoms with Crippen LogP contribution in [0.25, 0.3) is 0 Å². The minimum Gasteiger partial charge on any atom is -0.444 e. The third kappa shape index (κ3) is 5.19. The third-order valence-electron chi connectivity index (χ3n) is 3.68. The van der Waals surface area contributed by atoms with E-state index in [4.69, 9.17) is 4.74 Å². The maximum absolute atomic E-state index is 12.6. The summed E-state index contributed by atoms with van der Waals surface area (Å²) in [6.07, 6.45) is 2.69. The van der Waals surface area contributed by atoms with Crippen molar-refractivity contribution in [3.05, 3.63) is 28.0 Å². The van der Waals surface area contributed by atoms with Crippen LogP contribution in [-0.2, 0) is 4.74 Å². The average Bonchev–Trinajstić information content (AvgIpc) is 2.45. The first kappa shape index (κ1) is 18.7. The van der Waals surface area contributed by atoms with E-state index in [-0.39, 0.29) is 11.9 Å². The fourth-order valence-electron chi connectivity index (χ4n) is 2.54. The molecule has 1 aliphatic rings. The lowest BCUT2D eigenvalue weighted by Gasteiger charge is -2.32. The van der Waals surface area contributed by atoms with Gasteiger partial charge in [0.15, 0.2) is 0 Å². The summed E-state index contributed by atoms with van der Waals surface area (Å²) in [5, 5.41) is 2.87. The van der Waals surface area contributed by atoms with Crippen LogP contribution in [-0.4, -0.2) is 46.6 Å². The third-order valence-corrected chi connectivity index (χ3v) is 4.29. The molecule has 0 aromatic carbocycles. The van der Waals surface area contributed by atoms with Gasteiger partial charge in [0.2, 0.25) is 0 Å². The van der Waals surface area contributed by atoms with Crippen LogP contribution in [0.2, 0.25) is 0 Å². The van der Waals surface area contributed by atoms with Gasteiger partial charge in [-0.15, -0.1) is 0 Å². The summed E-state index contributed by atoms with van der Waals surface area (Å²) >= 11 is 3.40. The highest BCUT2D eigenvalue weighted by molar-refractivity contribution is 9.10. The molecule has 0 unspecified atom stereocenters. The highest BCUT2D eigenvalue weighted by Gasteiger charge is 2.27. The predicted octanol–water partition coefficient (Wildman–Crippen LogP) is 3.28. The molecule has 132 valence electrons. The largest absolute Gasteiger partial charge is 0.444 e. The highest BCUT2D eigenvalue weighted by atomic mass is 79.9. The molecule has 2 heterocycles. The standard InChI is InChI=1S/C17H24BrN3O3/c1-11-9-13(18)14(19-10-11)15(22)21-7-5-12(6-8-21)20-16(23)24-17(2,3)4/h9-10,12H,5-8H2,1-4H3,(H,20,23). The zero-order valence-corrected chi connectivity index (χ0v) is 16.1. The van der Waals surface area contributed by atoms with E-state index < -0.39 is 11.7 Å². The lowest BCUT2D eigenvalue weighted by molar-refractivity contribution is 0.0473. The molecule has 2 rings (SSSR count). The molecule has 1 aromatic rings. The molecule has 0 aliphatic carbocycles. The van der Waals surface area contributed by atoms with Gasteiger partial charge in [-0.05, 0) is 68.1 Å². The minimum absolute atomic E-state index is 0.0262. The van der Waals surface area contributed by atoms with Crippen molar-refractivity contribution in [1.29, 1.82) is 0 Å². The smallest absolute Gasteiger partial charge is 0.407 e. The van der Waals surface area contributed by atoms with Crippen molar-refractivity contribution in [2.75, 3.05) is 13.1 Å². The van der Waals surface area contributed by atoms with Gasteiger partial charge in [-0.25, -0.2) is 9.78 Å². The van der Waals surface area contributed by atoms with E-state index in [1.54, 1.807) is 11.1 Å². The van der Waals surface area contributed by atoms with Gasteiger partial charge in [0, 0.05) is 29.8 Å². The van der Waals surface area contributed by atoms with Crippen LogP contribution in [0, 0.1) is 6.92 Å². The summed E-state index contributed by atoms with van der Waals surface area (Å²) in [6, 6.07) is 1.91. The van der Waals surface area contributed by atoms with Crippen molar-refractivity contribution < 1.29 is 14.3 Å². The summed E-state index contributed by atoms with van der Waals surface area (Å²) in [5.41, 5.74) is 0.919. The Balaban J connectivity index is 1.88. The molecular formula is C17H24BrN3O3. The van der Waals surface area contributed by atoms with Crippen molar-refractivity contribution >= 4 is 27.9 Å². The van der Waals surface area contributed by atoms with Crippen LogP contribution >= 0.6 is 15.9 Å². The number of carbonyl (C=O) groups excluding carboxylic acids is 2. The Morgan fingerprint density at radius 3 is 2.50 bits per heavy atom. The van der Waals surface area contributed by atoms with Crippen LogP contribution < -0.4 is 5.32 Å². The monoisotopic (exact) mass is 397 g/mol. The maximum atomic E-state index is 12.6. The Hall–Kier alpha value is -1.63. The average molecular weight is 398 g/mol. The van der Waals surface area contributed by atoms with Gasteiger partial charge in [0.05, 0.1) is 0 Å². The second-order valence-electron chi connectivity index (χ2n) is 7.06. The number of hydrogen-bond donors (Lipinski definition) is 1. The number of pyridine rings is 1. The van der Waals surface area contributed by atoms with Gasteiger partial charge in [-0.1, -0.05) is 0 Å². The van der Waals surface area contributed by atoms with E-state index >= 15 is 0 Å². The number of nitrogens with zero attached hydrogens (tertiary/aromatic N) is 2. The molecule has 6 nitrogen and oxygen atoms in total. The number of hydrogen-bond acceptors (Lipinski definition) is 4. The number of halogens is 1. The number of amides is 2. The van der Waals surface area contributed by atoms with E-state index in [2.05, 4.69) is 26.2 Å². The van der Waals surface area contributed by atoms with E-state index in [0.717, 1.165) is 5.56 Å². The molecule has 7 heteroatoms. The van der Waals surface area contributed by atoms with Crippen molar-refractivity contribution in [3.8, 4) is 0 Å². The summed E-state index contributed by atoms with van der Waals surface area (Å²) < 4.78 is 5.97. The Morgan fingerprint density at radius 2 is 1.96 bits per heavy atom. The predicted molar refractivity (Wildman–Crippen MR) is 95.0 cm³/mol. The maximum Gasteiger partial charge on any atom is 0.407 e. The molecule has 1 fully saturated rings. The number of ether oxygens (including phenoxy) is 1. The van der Waals surface area contributed by atoms with Gasteiger partial charge in [-0.3, -0.25) is 4.79 Å². The Kier molecular flexibility index (Phi) is 5.85. The van der Waals surface area contributed by atoms with E-state index in [9.17, 15) is 9.59 Å². The first-order valence-electron chi connectivity index (χ1n) is 8.06. The molecule has 1 N–H and O–H groups in total. The van der Waals surface area contributed by atoms with Crippen molar-refractivity contribution in [2.24, 2.45) is 0 Å². The topological polar surface area (TPSA) is 71.5 Å². The number of likely N-dealkylation sites (tertiary alicyclic amines) is 1. The van der Waals surface area contributed by atoms with Gasteiger partial charge in [-0.2, -0.15) is 0 Å². The van der Waals surface area contributed by atoms with E-state index in [0.29, 0.717) is 36.1 Å². The first-order chi connectivity index (χ1) is 11.2. The van der Waals surface area contributed by atoms with Gasteiger partial charge < -0.3 is 15.0 Å². The fraction of sp³-hybridized carbons (Fsp3) is 0.588. The lowest BCUT2D eigenvalue weighted by atomic mass is 10.0. The number of nitrogens with one attached hydrogen (secondary N) is 1. The molecule has 1 saturated heterocycles. The first-order valence-corrected chi connectivity index (χ1v) is 8.86. The molecule has 1 aromatic heterocycles. The lowest BCUT2D eigenvalue weighted by Crippen LogP contribution is -2.47. The Morgan fingerprint density at radius 1 is 1.33 bits per heavy atom. The number of alkyl carbamates (subject to hydrolysis) is 1. The number of carbonyl (C=O) groups is 2. The summed E-state index contributed by atoms with van der Waals surface area (Å²) in [4.78, 5) is 30.4. The van der Waals surface area contributed by atoms with E-state index in [1.807, 2.05) is 33.8 Å². The molecule has 2 amide bonds. The molecule has 0 radical (unpaired) electrons. The van der Waals surface area contributed by atoms with Crippen LogP contribution in [0.4, 0.5) is 4.79 Å². The van der Waals surface area contributed by atoms with E-state index in [1.165, 1.54) is 0 Å². The molecular weight excluding hydrogens is 374 g/mol. The fourth-order valence-corrected chi connectivity index (χ4v) is 3.17. The normalized spacial score (nSPS) is 16.0. The van der Waals surface area contributed by atoms with Crippen LogP contribution in [0.15, 0.2) is 16.7 Å². The zero-order chi connectivity index (χ0) is 17.9. The van der Waals surface area contributed by atoms with Crippen molar-refractivity contribution in [1.82, 2.24) is 15.2 Å². The highest BCUT2D eigenvalue weighted by Crippen LogP contribution is 2.20. The number of aryl methyl sites for hydroxylation is 1. The van der Waals surface area contributed by atoms with Gasteiger partial charge in [0.25, 0.3) is 5.91 Å². The molecule has 0 saturated carbocycles. The Bertz CT molecular complexity index is 620. The molecule has 0 atom stereocenters. The number of piperidine rings is 1. The minimum atomic E-state index is -0.510. The molecule has 24 heavy (non-hydrogen) atoms. The van der Waals surface area contributed by atoms with Crippen LogP contribution in [0.3, 0.4) is 0 Å². The number of rotatable bonds is 2. The second kappa shape index (κ2) is 7.51. The number of aromatic nitrogens is 1. The van der Waals surface area contributed by atoms with Crippen LogP contribution in [0.5, 0.6) is 0 Å². The van der Waals surface area contributed by atoms with Gasteiger partial charge >= 0.3 is 6.09 Å². The molecule has 0 bridgehead atoms. The summed E-state index contributed by atoms with van der Waals surface area (Å²) in [6.45, 7) is 8.60. The SMILES string of the molecule is Cc1cnc(C(=O)N2CCC(NC(=O)OC(C)(C)C)CC2)c(Br)c1. The Labute approximate surface area is 151 Å². The molecule has 1 aliphatic heterocycles. The van der Waals surface area contributed by atoms with Gasteiger partial charge in [0.1, 0.15) is 11.3 Å².